The molecule has 0 amide bonds. The summed E-state index contributed by atoms with van der Waals surface area (Å²) in [4.78, 5) is 1.44. The van der Waals surface area contributed by atoms with E-state index in [-0.39, 0.29) is 11.6 Å². The Balaban J connectivity index is 4.44. The second kappa shape index (κ2) is 3.54. The molecule has 0 unspecified atom stereocenters. The molecule has 0 aliphatic rings. The van der Waals surface area contributed by atoms with Crippen LogP contribution < -0.4 is 0 Å². The lowest BCUT2D eigenvalue weighted by Gasteiger charge is -2.18. The van der Waals surface area contributed by atoms with E-state index >= 15 is 0 Å². The maximum atomic E-state index is 12.0. The zero-order valence-electron chi connectivity index (χ0n) is 6.78. The van der Waals surface area contributed by atoms with E-state index in [2.05, 4.69) is 0 Å². The highest BCUT2D eigenvalue weighted by Gasteiger charge is 2.11. The van der Waals surface area contributed by atoms with Gasteiger partial charge in [0.05, 0.1) is 5.70 Å². The minimum Gasteiger partial charge on any atom is -0.376 e. The zero-order valence-corrected chi connectivity index (χ0v) is 6.78. The van der Waals surface area contributed by atoms with Gasteiger partial charge in [-0.1, -0.05) is 13.8 Å². The average molecular weight is 149 g/mol. The summed E-state index contributed by atoms with van der Waals surface area (Å²) in [6.45, 7) is 3.49. The lowest BCUT2D eigenvalue weighted by Crippen LogP contribution is -2.16. The molecule has 0 spiro atoms. The molecular weight excluding hydrogens is 136 g/mol. The van der Waals surface area contributed by atoms with Gasteiger partial charge in [-0.25, -0.2) is 0 Å². The Morgan fingerprint density at radius 1 is 1.20 bits per heavy atom. The molecule has 1 nitrogen and oxygen atoms in total. The Bertz CT molecular complexity index is 125. The van der Waals surface area contributed by atoms with Crippen LogP contribution in [0, 0.1) is 5.92 Å². The first-order valence-corrected chi connectivity index (χ1v) is 3.19. The SMILES string of the molecule is CC(C)C(=C(F)F)N(C)C. The molecule has 0 fully saturated rings. The van der Waals surface area contributed by atoms with Crippen molar-refractivity contribution in [1.82, 2.24) is 4.90 Å². The molecule has 0 aromatic carbocycles. The largest absolute Gasteiger partial charge is 0.376 e. The van der Waals surface area contributed by atoms with E-state index in [0.717, 1.165) is 0 Å². The summed E-state index contributed by atoms with van der Waals surface area (Å²) in [5, 5.41) is 0. The van der Waals surface area contributed by atoms with Crippen LogP contribution in [0.4, 0.5) is 8.78 Å². The zero-order chi connectivity index (χ0) is 8.31. The molecule has 0 aliphatic heterocycles. The van der Waals surface area contributed by atoms with Crippen LogP contribution in [0.5, 0.6) is 0 Å². The molecule has 0 atom stereocenters. The highest BCUT2D eigenvalue weighted by molar-refractivity contribution is 5.02. The van der Waals surface area contributed by atoms with Crippen molar-refractivity contribution >= 4 is 0 Å². The minimum atomic E-state index is -1.58. The van der Waals surface area contributed by atoms with Crippen molar-refractivity contribution in [3.05, 3.63) is 11.8 Å². The van der Waals surface area contributed by atoms with Gasteiger partial charge in [0.15, 0.2) is 0 Å². The van der Waals surface area contributed by atoms with Crippen molar-refractivity contribution in [2.45, 2.75) is 13.8 Å². The van der Waals surface area contributed by atoms with Gasteiger partial charge in [0, 0.05) is 14.1 Å². The molecule has 10 heavy (non-hydrogen) atoms. The highest BCUT2D eigenvalue weighted by atomic mass is 19.3. The van der Waals surface area contributed by atoms with Crippen molar-refractivity contribution in [1.29, 1.82) is 0 Å². The van der Waals surface area contributed by atoms with Crippen molar-refractivity contribution in [2.75, 3.05) is 14.1 Å². The molecule has 0 bridgehead atoms. The van der Waals surface area contributed by atoms with Crippen LogP contribution in [0.15, 0.2) is 11.8 Å². The van der Waals surface area contributed by atoms with Crippen molar-refractivity contribution in [3.8, 4) is 0 Å². The number of hydrogen-bond acceptors (Lipinski definition) is 1. The van der Waals surface area contributed by atoms with Gasteiger partial charge in [-0.15, -0.1) is 0 Å². The highest BCUT2D eigenvalue weighted by Crippen LogP contribution is 2.18. The molecule has 0 radical (unpaired) electrons. The lowest BCUT2D eigenvalue weighted by molar-refractivity contribution is 0.337. The normalized spacial score (nSPS) is 9.90. The van der Waals surface area contributed by atoms with Crippen LogP contribution in [0.2, 0.25) is 0 Å². The Morgan fingerprint density at radius 2 is 1.60 bits per heavy atom. The van der Waals surface area contributed by atoms with Crippen LogP contribution in [0.3, 0.4) is 0 Å². The van der Waals surface area contributed by atoms with E-state index in [4.69, 9.17) is 0 Å². The standard InChI is InChI=1S/C7H13F2N/c1-5(2)6(7(8)9)10(3)4/h5H,1-4H3. The summed E-state index contributed by atoms with van der Waals surface area (Å²) in [6.07, 6.45) is -1.58. The number of rotatable bonds is 2. The predicted octanol–water partition coefficient (Wildman–Crippen LogP) is 2.31. The summed E-state index contributed by atoms with van der Waals surface area (Å²) in [6, 6.07) is 0. The molecule has 0 N–H and O–H groups in total. The summed E-state index contributed by atoms with van der Waals surface area (Å²) < 4.78 is 24.1. The third-order valence-corrected chi connectivity index (χ3v) is 1.22. The van der Waals surface area contributed by atoms with E-state index in [0.29, 0.717) is 0 Å². The Labute approximate surface area is 60.3 Å². The lowest BCUT2D eigenvalue weighted by atomic mass is 10.1. The van der Waals surface area contributed by atoms with Crippen molar-refractivity contribution in [2.24, 2.45) is 5.92 Å². The average Bonchev–Trinajstić information content (AvgIpc) is 1.59. The van der Waals surface area contributed by atoms with E-state index in [9.17, 15) is 8.78 Å². The molecular formula is C7H13F2N. The topological polar surface area (TPSA) is 3.24 Å². The second-order valence-electron chi connectivity index (χ2n) is 2.69. The fourth-order valence-electron chi connectivity index (χ4n) is 0.904. The summed E-state index contributed by atoms with van der Waals surface area (Å²) >= 11 is 0. The van der Waals surface area contributed by atoms with E-state index < -0.39 is 6.08 Å². The fraction of sp³-hybridized carbons (Fsp3) is 0.714. The van der Waals surface area contributed by atoms with Crippen LogP contribution in [0.1, 0.15) is 13.8 Å². The first-order valence-electron chi connectivity index (χ1n) is 3.19. The number of halogens is 2. The summed E-state index contributed by atoms with van der Waals surface area (Å²) in [5.41, 5.74) is 0.111. The van der Waals surface area contributed by atoms with Gasteiger partial charge >= 0.3 is 0 Å². The van der Waals surface area contributed by atoms with Crippen molar-refractivity contribution < 1.29 is 8.78 Å². The van der Waals surface area contributed by atoms with Gasteiger partial charge in [0.1, 0.15) is 0 Å². The van der Waals surface area contributed by atoms with E-state index in [1.165, 1.54) is 4.90 Å². The monoisotopic (exact) mass is 149 g/mol. The Morgan fingerprint density at radius 3 is 1.60 bits per heavy atom. The van der Waals surface area contributed by atoms with Crippen molar-refractivity contribution in [3.63, 3.8) is 0 Å². The molecule has 0 saturated heterocycles. The Kier molecular flexibility index (Phi) is 3.33. The number of nitrogens with zero attached hydrogens (tertiary/aromatic N) is 1. The molecule has 60 valence electrons. The minimum absolute atomic E-state index is 0.111. The molecule has 0 aromatic heterocycles. The number of hydrogen-bond donors (Lipinski definition) is 0. The van der Waals surface area contributed by atoms with Crippen LogP contribution in [-0.2, 0) is 0 Å². The van der Waals surface area contributed by atoms with E-state index in [1.54, 1.807) is 27.9 Å². The molecule has 3 heteroatoms. The molecule has 0 aromatic rings. The third-order valence-electron chi connectivity index (χ3n) is 1.22. The molecule has 0 aliphatic carbocycles. The van der Waals surface area contributed by atoms with Gasteiger partial charge in [-0.3, -0.25) is 0 Å². The van der Waals surface area contributed by atoms with Crippen LogP contribution >= 0.6 is 0 Å². The number of allylic oxidation sites excluding steroid dienone is 1. The van der Waals surface area contributed by atoms with Gasteiger partial charge < -0.3 is 4.90 Å². The van der Waals surface area contributed by atoms with E-state index in [1.807, 2.05) is 0 Å². The molecule has 0 rings (SSSR count). The predicted molar refractivity (Wildman–Crippen MR) is 37.8 cm³/mol. The van der Waals surface area contributed by atoms with Gasteiger partial charge in [-0.05, 0) is 5.92 Å². The quantitative estimate of drug-likeness (QED) is 0.582. The smallest absolute Gasteiger partial charge is 0.289 e. The van der Waals surface area contributed by atoms with Gasteiger partial charge in [0.2, 0.25) is 0 Å². The molecule has 0 heterocycles. The van der Waals surface area contributed by atoms with Crippen LogP contribution in [-0.4, -0.2) is 19.0 Å². The van der Waals surface area contributed by atoms with Gasteiger partial charge in [-0.2, -0.15) is 8.78 Å². The first-order chi connectivity index (χ1) is 4.46. The van der Waals surface area contributed by atoms with Gasteiger partial charge in [0.25, 0.3) is 6.08 Å². The maximum Gasteiger partial charge on any atom is 0.289 e. The molecule has 0 saturated carbocycles. The Hall–Kier alpha value is -0.600. The van der Waals surface area contributed by atoms with Crippen LogP contribution in [0.25, 0.3) is 0 Å². The fourth-order valence-corrected chi connectivity index (χ4v) is 0.904. The maximum absolute atomic E-state index is 12.0. The summed E-state index contributed by atoms with van der Waals surface area (Å²) in [7, 11) is 3.24. The first kappa shape index (κ1) is 9.40. The second-order valence-corrected chi connectivity index (χ2v) is 2.69. The third kappa shape index (κ3) is 2.33. The summed E-state index contributed by atoms with van der Waals surface area (Å²) in [5.74, 6) is -0.111.